The summed E-state index contributed by atoms with van der Waals surface area (Å²) in [7, 11) is 1.75. The Morgan fingerprint density at radius 1 is 1.35 bits per heavy atom. The van der Waals surface area contributed by atoms with Crippen molar-refractivity contribution in [2.75, 3.05) is 31.7 Å². The molecule has 0 saturated carbocycles. The summed E-state index contributed by atoms with van der Waals surface area (Å²) in [5.74, 6) is 0.662. The van der Waals surface area contributed by atoms with E-state index in [1.54, 1.807) is 7.11 Å². The fraction of sp³-hybridized carbons (Fsp3) is 0.688. The normalized spacial score (nSPS) is 12.7. The van der Waals surface area contributed by atoms with Gasteiger partial charge in [0.1, 0.15) is 0 Å². The first-order valence-corrected chi connectivity index (χ1v) is 7.49. The Morgan fingerprint density at radius 3 is 2.70 bits per heavy atom. The van der Waals surface area contributed by atoms with Crippen LogP contribution in [0.25, 0.3) is 0 Å². The van der Waals surface area contributed by atoms with Gasteiger partial charge in [-0.1, -0.05) is 13.8 Å². The van der Waals surface area contributed by atoms with E-state index >= 15 is 0 Å². The Labute approximate surface area is 123 Å². The number of rotatable bonds is 9. The minimum Gasteiger partial charge on any atom is -0.383 e. The van der Waals surface area contributed by atoms with E-state index in [2.05, 4.69) is 49.0 Å². The van der Waals surface area contributed by atoms with Crippen molar-refractivity contribution in [3.05, 3.63) is 24.0 Å². The summed E-state index contributed by atoms with van der Waals surface area (Å²) < 4.78 is 5.28. The van der Waals surface area contributed by atoms with Crippen LogP contribution in [0.15, 0.2) is 18.5 Å². The quantitative estimate of drug-likeness (QED) is 0.754. The molecule has 1 heterocycles. The second-order valence-corrected chi connectivity index (χ2v) is 5.62. The molecule has 1 atom stereocenters. The Morgan fingerprint density at radius 2 is 2.10 bits per heavy atom. The first-order valence-electron chi connectivity index (χ1n) is 7.49. The van der Waals surface area contributed by atoms with E-state index in [4.69, 9.17) is 4.74 Å². The van der Waals surface area contributed by atoms with Crippen molar-refractivity contribution in [1.29, 1.82) is 0 Å². The topological polar surface area (TPSA) is 37.4 Å². The molecule has 0 fully saturated rings. The molecule has 4 heteroatoms. The lowest BCUT2D eigenvalue weighted by Crippen LogP contribution is -2.37. The molecular weight excluding hydrogens is 250 g/mol. The molecule has 0 spiro atoms. The Bertz CT molecular complexity index is 382. The maximum absolute atomic E-state index is 5.28. The first-order chi connectivity index (χ1) is 9.60. The molecule has 1 N–H and O–H groups in total. The SMILES string of the molecule is CCN(c1cnccc1CNCC(C)C)C(C)COC. The summed E-state index contributed by atoms with van der Waals surface area (Å²) in [5, 5.41) is 3.51. The lowest BCUT2D eigenvalue weighted by Gasteiger charge is -2.31. The molecule has 0 saturated heterocycles. The highest BCUT2D eigenvalue weighted by molar-refractivity contribution is 5.52. The van der Waals surface area contributed by atoms with E-state index in [0.29, 0.717) is 12.0 Å². The molecule has 114 valence electrons. The van der Waals surface area contributed by atoms with Crippen molar-refractivity contribution >= 4 is 5.69 Å². The van der Waals surface area contributed by atoms with Crippen molar-refractivity contribution in [2.24, 2.45) is 5.92 Å². The molecule has 0 amide bonds. The molecule has 1 aromatic rings. The third kappa shape index (κ3) is 5.10. The average Bonchev–Trinajstić information content (AvgIpc) is 2.41. The summed E-state index contributed by atoms with van der Waals surface area (Å²) in [6, 6.07) is 2.45. The summed E-state index contributed by atoms with van der Waals surface area (Å²) in [6.45, 7) is 12.4. The second-order valence-electron chi connectivity index (χ2n) is 5.62. The number of nitrogens with zero attached hydrogens (tertiary/aromatic N) is 2. The van der Waals surface area contributed by atoms with Crippen LogP contribution in [0.3, 0.4) is 0 Å². The molecule has 1 rings (SSSR count). The van der Waals surface area contributed by atoms with Gasteiger partial charge >= 0.3 is 0 Å². The summed E-state index contributed by atoms with van der Waals surface area (Å²) in [5.41, 5.74) is 2.50. The highest BCUT2D eigenvalue weighted by Crippen LogP contribution is 2.21. The lowest BCUT2D eigenvalue weighted by molar-refractivity contribution is 0.182. The van der Waals surface area contributed by atoms with Gasteiger partial charge in [-0.05, 0) is 37.9 Å². The first kappa shape index (κ1) is 16.9. The number of anilines is 1. The molecule has 0 aliphatic heterocycles. The maximum Gasteiger partial charge on any atom is 0.0663 e. The number of hydrogen-bond donors (Lipinski definition) is 1. The van der Waals surface area contributed by atoms with Gasteiger partial charge in [-0.25, -0.2) is 0 Å². The molecule has 4 nitrogen and oxygen atoms in total. The Balaban J connectivity index is 2.81. The van der Waals surface area contributed by atoms with Gasteiger partial charge in [0.05, 0.1) is 18.5 Å². The number of hydrogen-bond acceptors (Lipinski definition) is 4. The summed E-state index contributed by atoms with van der Waals surface area (Å²) >= 11 is 0. The molecule has 0 aromatic carbocycles. The van der Waals surface area contributed by atoms with Crippen LogP contribution in [-0.2, 0) is 11.3 Å². The molecule has 0 bridgehead atoms. The third-order valence-electron chi connectivity index (χ3n) is 3.35. The summed E-state index contributed by atoms with van der Waals surface area (Å²) in [6.07, 6.45) is 3.83. The van der Waals surface area contributed by atoms with Crippen molar-refractivity contribution in [3.8, 4) is 0 Å². The number of nitrogens with one attached hydrogen (secondary N) is 1. The molecule has 1 unspecified atom stereocenters. The predicted molar refractivity (Wildman–Crippen MR) is 85.1 cm³/mol. The Hall–Kier alpha value is -1.13. The van der Waals surface area contributed by atoms with Crippen LogP contribution >= 0.6 is 0 Å². The summed E-state index contributed by atoms with van der Waals surface area (Å²) in [4.78, 5) is 6.64. The van der Waals surface area contributed by atoms with E-state index in [9.17, 15) is 0 Å². The van der Waals surface area contributed by atoms with E-state index in [1.165, 1.54) is 11.3 Å². The highest BCUT2D eigenvalue weighted by Gasteiger charge is 2.16. The van der Waals surface area contributed by atoms with E-state index < -0.39 is 0 Å². The van der Waals surface area contributed by atoms with Gasteiger partial charge in [0.15, 0.2) is 0 Å². The third-order valence-corrected chi connectivity index (χ3v) is 3.35. The van der Waals surface area contributed by atoms with E-state index in [0.717, 1.165) is 26.2 Å². The molecule has 0 aliphatic rings. The molecule has 1 aromatic heterocycles. The zero-order chi connectivity index (χ0) is 15.0. The average molecular weight is 279 g/mol. The van der Waals surface area contributed by atoms with Crippen molar-refractivity contribution < 1.29 is 4.74 Å². The second kappa shape index (κ2) is 8.93. The van der Waals surface area contributed by atoms with Gasteiger partial charge in [0.2, 0.25) is 0 Å². The minimum absolute atomic E-state index is 0.345. The van der Waals surface area contributed by atoms with E-state index in [-0.39, 0.29) is 0 Å². The van der Waals surface area contributed by atoms with E-state index in [1.807, 2.05) is 12.4 Å². The standard InChI is InChI=1S/C16H29N3O/c1-6-19(14(4)12-20-5)16-11-17-8-7-15(16)10-18-9-13(2)3/h7-8,11,13-14,18H,6,9-10,12H2,1-5H3. The smallest absolute Gasteiger partial charge is 0.0663 e. The highest BCUT2D eigenvalue weighted by atomic mass is 16.5. The monoisotopic (exact) mass is 279 g/mol. The Kier molecular flexibility index (Phi) is 7.55. The maximum atomic E-state index is 5.28. The fourth-order valence-electron chi connectivity index (χ4n) is 2.37. The van der Waals surface area contributed by atoms with Crippen molar-refractivity contribution in [3.63, 3.8) is 0 Å². The van der Waals surface area contributed by atoms with Gasteiger partial charge < -0.3 is 15.0 Å². The van der Waals surface area contributed by atoms with Gasteiger partial charge in [0, 0.05) is 32.4 Å². The molecule has 0 aliphatic carbocycles. The minimum atomic E-state index is 0.345. The van der Waals surface area contributed by atoms with Crippen LogP contribution in [0.4, 0.5) is 5.69 Å². The zero-order valence-electron chi connectivity index (χ0n) is 13.5. The van der Waals surface area contributed by atoms with Crippen LogP contribution in [0, 0.1) is 5.92 Å². The molecular formula is C16H29N3O. The number of pyridine rings is 1. The fourth-order valence-corrected chi connectivity index (χ4v) is 2.37. The van der Waals surface area contributed by atoms with Crippen molar-refractivity contribution in [1.82, 2.24) is 10.3 Å². The van der Waals surface area contributed by atoms with Crippen LogP contribution in [0.1, 0.15) is 33.3 Å². The largest absolute Gasteiger partial charge is 0.383 e. The number of ether oxygens (including phenoxy) is 1. The van der Waals surface area contributed by atoms with Gasteiger partial charge in [-0.3, -0.25) is 4.98 Å². The van der Waals surface area contributed by atoms with Gasteiger partial charge in [-0.15, -0.1) is 0 Å². The van der Waals surface area contributed by atoms with Gasteiger partial charge in [-0.2, -0.15) is 0 Å². The van der Waals surface area contributed by atoms with Crippen LogP contribution < -0.4 is 10.2 Å². The molecule has 20 heavy (non-hydrogen) atoms. The van der Waals surface area contributed by atoms with Crippen LogP contribution in [0.2, 0.25) is 0 Å². The number of aromatic nitrogens is 1. The lowest BCUT2D eigenvalue weighted by atomic mass is 10.1. The van der Waals surface area contributed by atoms with Crippen molar-refractivity contribution in [2.45, 2.75) is 40.3 Å². The zero-order valence-corrected chi connectivity index (χ0v) is 13.5. The van der Waals surface area contributed by atoms with Crippen LogP contribution in [-0.4, -0.2) is 37.8 Å². The van der Waals surface area contributed by atoms with Crippen LogP contribution in [0.5, 0.6) is 0 Å². The molecule has 0 radical (unpaired) electrons. The number of methoxy groups -OCH3 is 1. The number of likely N-dealkylation sites (N-methyl/N-ethyl adjacent to an activating group) is 1. The van der Waals surface area contributed by atoms with Gasteiger partial charge in [0.25, 0.3) is 0 Å². The predicted octanol–water partition coefficient (Wildman–Crippen LogP) is 2.69.